The molecule has 0 aromatic carbocycles. The molecule has 2 atom stereocenters. The SMILES string of the molecule is COC(=O)c1cn2cc(C3C4COCC43)nc2nc1OC(C)C. The fourth-order valence-corrected chi connectivity index (χ4v) is 3.33. The third kappa shape index (κ3) is 2.35. The molecule has 2 fully saturated rings. The quantitative estimate of drug-likeness (QED) is 0.798. The van der Waals surface area contributed by atoms with Crippen LogP contribution in [0.2, 0.25) is 0 Å². The normalized spacial score (nSPS) is 25.7. The highest BCUT2D eigenvalue weighted by Crippen LogP contribution is 2.57. The average molecular weight is 317 g/mol. The molecule has 2 unspecified atom stereocenters. The van der Waals surface area contributed by atoms with Crippen molar-refractivity contribution in [1.29, 1.82) is 0 Å². The van der Waals surface area contributed by atoms with E-state index in [0.29, 0.717) is 29.1 Å². The van der Waals surface area contributed by atoms with Crippen molar-refractivity contribution in [3.63, 3.8) is 0 Å². The van der Waals surface area contributed by atoms with Crippen LogP contribution in [0.3, 0.4) is 0 Å². The van der Waals surface area contributed by atoms with E-state index in [9.17, 15) is 4.79 Å². The summed E-state index contributed by atoms with van der Waals surface area (Å²) in [6, 6.07) is 0. The number of hydrogen-bond donors (Lipinski definition) is 0. The van der Waals surface area contributed by atoms with E-state index in [-0.39, 0.29) is 12.0 Å². The predicted octanol–water partition coefficient (Wildman–Crippen LogP) is 1.66. The molecule has 2 aromatic rings. The maximum Gasteiger partial charge on any atom is 0.344 e. The fourth-order valence-electron chi connectivity index (χ4n) is 3.33. The molecule has 2 aromatic heterocycles. The Bertz CT molecular complexity index is 760. The van der Waals surface area contributed by atoms with Gasteiger partial charge in [0, 0.05) is 18.3 Å². The molecule has 122 valence electrons. The summed E-state index contributed by atoms with van der Waals surface area (Å²) in [6.07, 6.45) is 3.52. The molecule has 1 aliphatic heterocycles. The number of esters is 1. The van der Waals surface area contributed by atoms with Crippen LogP contribution in [-0.2, 0) is 9.47 Å². The molecule has 2 aliphatic rings. The summed E-state index contributed by atoms with van der Waals surface area (Å²) in [6.45, 7) is 5.39. The summed E-state index contributed by atoms with van der Waals surface area (Å²) in [7, 11) is 1.34. The molecule has 4 rings (SSSR count). The maximum atomic E-state index is 12.0. The lowest BCUT2D eigenvalue weighted by atomic mass is 10.2. The molecule has 0 spiro atoms. The minimum Gasteiger partial charge on any atom is -0.474 e. The summed E-state index contributed by atoms with van der Waals surface area (Å²) < 4.78 is 17.7. The van der Waals surface area contributed by atoms with Crippen molar-refractivity contribution in [2.24, 2.45) is 11.8 Å². The van der Waals surface area contributed by atoms with Crippen molar-refractivity contribution in [3.05, 3.63) is 23.7 Å². The van der Waals surface area contributed by atoms with Crippen molar-refractivity contribution < 1.29 is 19.0 Å². The lowest BCUT2D eigenvalue weighted by molar-refractivity contribution is 0.0592. The molecule has 7 nitrogen and oxygen atoms in total. The number of methoxy groups -OCH3 is 1. The van der Waals surface area contributed by atoms with Gasteiger partial charge in [-0.15, -0.1) is 0 Å². The van der Waals surface area contributed by atoms with Gasteiger partial charge in [0.25, 0.3) is 0 Å². The Kier molecular flexibility index (Phi) is 3.26. The third-order valence-electron chi connectivity index (χ3n) is 4.48. The number of rotatable bonds is 4. The van der Waals surface area contributed by atoms with Crippen molar-refractivity contribution in [2.75, 3.05) is 20.3 Å². The van der Waals surface area contributed by atoms with Crippen LogP contribution in [0.15, 0.2) is 12.4 Å². The Morgan fingerprint density at radius 2 is 2.04 bits per heavy atom. The lowest BCUT2D eigenvalue weighted by Crippen LogP contribution is -2.13. The first-order valence-electron chi connectivity index (χ1n) is 7.81. The van der Waals surface area contributed by atoms with Crippen LogP contribution in [0, 0.1) is 11.8 Å². The first-order valence-corrected chi connectivity index (χ1v) is 7.81. The number of aromatic nitrogens is 3. The molecule has 3 heterocycles. The number of imidazole rings is 1. The van der Waals surface area contributed by atoms with Crippen molar-refractivity contribution in [1.82, 2.24) is 14.4 Å². The molecule has 0 bridgehead atoms. The van der Waals surface area contributed by atoms with E-state index in [4.69, 9.17) is 14.2 Å². The molecule has 23 heavy (non-hydrogen) atoms. The van der Waals surface area contributed by atoms with Gasteiger partial charge in [-0.25, -0.2) is 9.78 Å². The van der Waals surface area contributed by atoms with Gasteiger partial charge < -0.3 is 14.2 Å². The van der Waals surface area contributed by atoms with E-state index in [0.717, 1.165) is 18.9 Å². The molecule has 7 heteroatoms. The van der Waals surface area contributed by atoms with Gasteiger partial charge in [-0.3, -0.25) is 4.40 Å². The van der Waals surface area contributed by atoms with Gasteiger partial charge in [-0.2, -0.15) is 4.98 Å². The van der Waals surface area contributed by atoms with Crippen LogP contribution in [0.25, 0.3) is 5.78 Å². The molecule has 1 saturated carbocycles. The molecule has 1 aliphatic carbocycles. The van der Waals surface area contributed by atoms with Gasteiger partial charge in [0.2, 0.25) is 11.7 Å². The summed E-state index contributed by atoms with van der Waals surface area (Å²) in [5.41, 5.74) is 1.31. The molecule has 0 N–H and O–H groups in total. The highest BCUT2D eigenvalue weighted by Gasteiger charge is 2.55. The highest BCUT2D eigenvalue weighted by atomic mass is 16.5. The first-order chi connectivity index (χ1) is 11.1. The first kappa shape index (κ1) is 14.4. The second-order valence-corrected chi connectivity index (χ2v) is 6.38. The smallest absolute Gasteiger partial charge is 0.344 e. The van der Waals surface area contributed by atoms with Crippen LogP contribution in [-0.4, -0.2) is 46.8 Å². The van der Waals surface area contributed by atoms with Crippen LogP contribution in [0.4, 0.5) is 0 Å². The Labute approximate surface area is 133 Å². The number of ether oxygens (including phenoxy) is 3. The largest absolute Gasteiger partial charge is 0.474 e. The monoisotopic (exact) mass is 317 g/mol. The van der Waals surface area contributed by atoms with Crippen LogP contribution in [0.5, 0.6) is 5.88 Å². The van der Waals surface area contributed by atoms with Gasteiger partial charge >= 0.3 is 5.97 Å². The molecule has 0 amide bonds. The summed E-state index contributed by atoms with van der Waals surface area (Å²) in [4.78, 5) is 21.0. The van der Waals surface area contributed by atoms with E-state index in [1.54, 1.807) is 10.6 Å². The van der Waals surface area contributed by atoms with Gasteiger partial charge in [0.1, 0.15) is 5.56 Å². The van der Waals surface area contributed by atoms with Gasteiger partial charge in [0.15, 0.2) is 0 Å². The zero-order valence-corrected chi connectivity index (χ0v) is 13.4. The van der Waals surface area contributed by atoms with Crippen molar-refractivity contribution >= 4 is 11.7 Å². The molecular weight excluding hydrogens is 298 g/mol. The fraction of sp³-hybridized carbons (Fsp3) is 0.562. The lowest BCUT2D eigenvalue weighted by Gasteiger charge is -2.11. The summed E-state index contributed by atoms with van der Waals surface area (Å²) in [5.74, 6) is 1.92. The maximum absolute atomic E-state index is 12.0. The minimum atomic E-state index is -0.470. The number of nitrogens with zero attached hydrogens (tertiary/aromatic N) is 3. The van der Waals surface area contributed by atoms with E-state index >= 15 is 0 Å². The third-order valence-corrected chi connectivity index (χ3v) is 4.48. The Balaban J connectivity index is 1.74. The second kappa shape index (κ2) is 5.19. The van der Waals surface area contributed by atoms with Gasteiger partial charge in [-0.1, -0.05) is 0 Å². The molecule has 1 saturated heterocycles. The van der Waals surface area contributed by atoms with E-state index in [2.05, 4.69) is 9.97 Å². The summed E-state index contributed by atoms with van der Waals surface area (Å²) >= 11 is 0. The van der Waals surface area contributed by atoms with E-state index in [1.165, 1.54) is 7.11 Å². The standard InChI is InChI=1S/C16H19N3O4/c1-8(2)23-14-9(15(20)21-3)4-19-5-12(17-16(19)18-14)13-10-6-22-7-11(10)13/h4-5,8,10-11,13H,6-7H2,1-3H3. The Hall–Kier alpha value is -2.15. The second-order valence-electron chi connectivity index (χ2n) is 6.38. The topological polar surface area (TPSA) is 75.0 Å². The van der Waals surface area contributed by atoms with Gasteiger partial charge in [0.05, 0.1) is 32.1 Å². The number of hydrogen-bond acceptors (Lipinski definition) is 6. The zero-order valence-electron chi connectivity index (χ0n) is 13.4. The number of carbonyl (C=O) groups excluding carboxylic acids is 1. The predicted molar refractivity (Wildman–Crippen MR) is 80.6 cm³/mol. The van der Waals surface area contributed by atoms with E-state index in [1.807, 2.05) is 20.0 Å². The Morgan fingerprint density at radius 3 is 2.70 bits per heavy atom. The average Bonchev–Trinajstić information content (AvgIpc) is 2.89. The summed E-state index contributed by atoms with van der Waals surface area (Å²) in [5, 5.41) is 0. The minimum absolute atomic E-state index is 0.0947. The van der Waals surface area contributed by atoms with E-state index < -0.39 is 5.97 Å². The highest BCUT2D eigenvalue weighted by molar-refractivity contribution is 5.91. The molecule has 0 radical (unpaired) electrons. The molecular formula is C16H19N3O4. The number of carbonyl (C=O) groups is 1. The van der Waals surface area contributed by atoms with Gasteiger partial charge in [-0.05, 0) is 25.7 Å². The van der Waals surface area contributed by atoms with Crippen LogP contribution in [0.1, 0.15) is 35.8 Å². The van der Waals surface area contributed by atoms with Crippen molar-refractivity contribution in [3.8, 4) is 5.88 Å². The number of fused-ring (bicyclic) bond motifs is 2. The Morgan fingerprint density at radius 1 is 1.30 bits per heavy atom. The van der Waals surface area contributed by atoms with Crippen molar-refractivity contribution in [2.45, 2.75) is 25.9 Å². The van der Waals surface area contributed by atoms with Crippen LogP contribution < -0.4 is 4.74 Å². The zero-order chi connectivity index (χ0) is 16.1. The van der Waals surface area contributed by atoms with Crippen LogP contribution >= 0.6 is 0 Å².